The zero-order valence-corrected chi connectivity index (χ0v) is 16.1. The predicted octanol–water partition coefficient (Wildman–Crippen LogP) is 4.29. The number of rotatable bonds is 5. The van der Waals surface area contributed by atoms with E-state index in [9.17, 15) is 14.4 Å². The lowest BCUT2D eigenvalue weighted by Crippen LogP contribution is -2.14. The molecule has 0 spiro atoms. The Morgan fingerprint density at radius 1 is 0.690 bits per heavy atom. The van der Waals surface area contributed by atoms with Gasteiger partial charge in [-0.1, -0.05) is 23.8 Å². The van der Waals surface area contributed by atoms with E-state index in [2.05, 4.69) is 15.4 Å². The molecule has 0 saturated carbocycles. The second kappa shape index (κ2) is 8.84. The van der Waals surface area contributed by atoms with Gasteiger partial charge in [0.1, 0.15) is 0 Å². The van der Waals surface area contributed by atoms with Crippen molar-refractivity contribution in [2.24, 2.45) is 0 Å². The van der Waals surface area contributed by atoms with Gasteiger partial charge in [-0.05, 0) is 61.5 Å². The number of carbonyl (C=O) groups is 3. The van der Waals surface area contributed by atoms with Crippen molar-refractivity contribution in [2.75, 3.05) is 17.7 Å². The van der Waals surface area contributed by atoms with Crippen LogP contribution in [0.2, 0.25) is 0 Å². The van der Waals surface area contributed by atoms with Crippen LogP contribution < -0.4 is 10.6 Å². The number of carbonyl (C=O) groups excluding carboxylic acids is 3. The molecule has 0 saturated heterocycles. The van der Waals surface area contributed by atoms with Crippen LogP contribution >= 0.6 is 0 Å². The van der Waals surface area contributed by atoms with Crippen molar-refractivity contribution in [1.82, 2.24) is 0 Å². The summed E-state index contributed by atoms with van der Waals surface area (Å²) >= 11 is 0. The monoisotopic (exact) mass is 388 g/mol. The summed E-state index contributed by atoms with van der Waals surface area (Å²) in [5.74, 6) is -1.06. The molecule has 3 aromatic rings. The van der Waals surface area contributed by atoms with Crippen LogP contribution in [0, 0.1) is 6.92 Å². The number of nitrogens with one attached hydrogen (secondary N) is 2. The Hall–Kier alpha value is -3.93. The maximum Gasteiger partial charge on any atom is 0.337 e. The van der Waals surface area contributed by atoms with E-state index >= 15 is 0 Å². The van der Waals surface area contributed by atoms with E-state index in [-0.39, 0.29) is 11.8 Å². The maximum atomic E-state index is 12.4. The highest BCUT2D eigenvalue weighted by Crippen LogP contribution is 2.16. The van der Waals surface area contributed by atoms with Crippen LogP contribution in [-0.4, -0.2) is 24.9 Å². The minimum atomic E-state index is -0.506. The highest BCUT2D eigenvalue weighted by molar-refractivity contribution is 6.06. The molecule has 0 heterocycles. The summed E-state index contributed by atoms with van der Waals surface area (Å²) in [6.45, 7) is 1.93. The third kappa shape index (κ3) is 5.07. The van der Waals surface area contributed by atoms with Gasteiger partial charge in [0.2, 0.25) is 0 Å². The highest BCUT2D eigenvalue weighted by atomic mass is 16.5. The molecule has 0 aliphatic carbocycles. The molecule has 29 heavy (non-hydrogen) atoms. The van der Waals surface area contributed by atoms with Crippen LogP contribution in [0.1, 0.15) is 36.6 Å². The smallest absolute Gasteiger partial charge is 0.337 e. The molecule has 0 aromatic heterocycles. The van der Waals surface area contributed by atoms with Crippen molar-refractivity contribution in [3.05, 3.63) is 95.1 Å². The minimum absolute atomic E-state index is 0.204. The summed E-state index contributed by atoms with van der Waals surface area (Å²) in [4.78, 5) is 36.3. The molecule has 6 nitrogen and oxygen atoms in total. The molecule has 0 bridgehead atoms. The lowest BCUT2D eigenvalue weighted by atomic mass is 10.1. The number of ether oxygens (including phenoxy) is 1. The summed E-state index contributed by atoms with van der Waals surface area (Å²) in [6, 6.07) is 20.4. The summed E-state index contributed by atoms with van der Waals surface area (Å²) in [5, 5.41) is 5.58. The van der Waals surface area contributed by atoms with Gasteiger partial charge >= 0.3 is 5.97 Å². The number of benzene rings is 3. The summed E-state index contributed by atoms with van der Waals surface area (Å²) < 4.78 is 4.67. The highest BCUT2D eigenvalue weighted by Gasteiger charge is 2.11. The van der Waals surface area contributed by atoms with Crippen molar-refractivity contribution >= 4 is 29.2 Å². The van der Waals surface area contributed by atoms with Gasteiger partial charge in [0.25, 0.3) is 11.8 Å². The van der Waals surface area contributed by atoms with E-state index in [1.54, 1.807) is 48.5 Å². The molecule has 0 atom stereocenters. The number of hydrogen-bond acceptors (Lipinski definition) is 4. The van der Waals surface area contributed by atoms with Crippen LogP contribution in [0.4, 0.5) is 11.4 Å². The third-order valence-electron chi connectivity index (χ3n) is 4.23. The Labute approximate surface area is 168 Å². The van der Waals surface area contributed by atoms with Crippen molar-refractivity contribution in [3.8, 4) is 0 Å². The zero-order valence-electron chi connectivity index (χ0n) is 16.1. The molecule has 2 N–H and O–H groups in total. The molecule has 0 aliphatic heterocycles. The van der Waals surface area contributed by atoms with Crippen LogP contribution in [0.5, 0.6) is 0 Å². The minimum Gasteiger partial charge on any atom is -0.465 e. The fourth-order valence-corrected chi connectivity index (χ4v) is 2.73. The van der Waals surface area contributed by atoms with Crippen LogP contribution in [-0.2, 0) is 4.74 Å². The predicted molar refractivity (Wildman–Crippen MR) is 111 cm³/mol. The number of methoxy groups -OCH3 is 1. The summed E-state index contributed by atoms with van der Waals surface area (Å²) in [6.07, 6.45) is 0. The van der Waals surface area contributed by atoms with Gasteiger partial charge in [-0.25, -0.2) is 4.79 Å². The van der Waals surface area contributed by atoms with Crippen molar-refractivity contribution < 1.29 is 19.1 Å². The molecular formula is C23H20N2O4. The summed E-state index contributed by atoms with van der Waals surface area (Å²) in [5.41, 5.74) is 3.40. The third-order valence-corrected chi connectivity index (χ3v) is 4.23. The first-order valence-corrected chi connectivity index (χ1v) is 8.94. The molecule has 6 heteroatoms. The number of amides is 2. The van der Waals surface area contributed by atoms with E-state index in [0.29, 0.717) is 28.1 Å². The zero-order chi connectivity index (χ0) is 20.8. The first-order valence-electron chi connectivity index (χ1n) is 8.94. The van der Waals surface area contributed by atoms with E-state index in [0.717, 1.165) is 5.56 Å². The topological polar surface area (TPSA) is 84.5 Å². The Morgan fingerprint density at radius 3 is 1.69 bits per heavy atom. The molecular weight excluding hydrogens is 368 g/mol. The lowest BCUT2D eigenvalue weighted by Gasteiger charge is -2.09. The molecule has 3 aromatic carbocycles. The van der Waals surface area contributed by atoms with Gasteiger partial charge in [0.15, 0.2) is 0 Å². The van der Waals surface area contributed by atoms with Gasteiger partial charge in [0, 0.05) is 22.5 Å². The molecule has 0 fully saturated rings. The van der Waals surface area contributed by atoms with Gasteiger partial charge in [-0.2, -0.15) is 0 Å². The van der Waals surface area contributed by atoms with Gasteiger partial charge in [-0.15, -0.1) is 0 Å². The SMILES string of the molecule is COC(=O)c1cccc(C(=O)Nc2ccc(NC(=O)c3cccc(C)c3)cc2)c1. The molecule has 0 unspecified atom stereocenters. The van der Waals surface area contributed by atoms with Gasteiger partial charge in [0.05, 0.1) is 12.7 Å². The first-order chi connectivity index (χ1) is 14.0. The fourth-order valence-electron chi connectivity index (χ4n) is 2.73. The van der Waals surface area contributed by atoms with E-state index < -0.39 is 5.97 Å². The Morgan fingerprint density at radius 2 is 1.17 bits per heavy atom. The molecule has 0 aliphatic rings. The second-order valence-corrected chi connectivity index (χ2v) is 6.43. The maximum absolute atomic E-state index is 12.4. The number of aryl methyl sites for hydroxylation is 1. The average molecular weight is 388 g/mol. The number of hydrogen-bond donors (Lipinski definition) is 2. The van der Waals surface area contributed by atoms with E-state index in [1.807, 2.05) is 25.1 Å². The number of anilines is 2. The largest absolute Gasteiger partial charge is 0.465 e. The average Bonchev–Trinajstić information content (AvgIpc) is 2.74. The molecule has 3 rings (SSSR count). The summed E-state index contributed by atoms with van der Waals surface area (Å²) in [7, 11) is 1.29. The first kappa shape index (κ1) is 19.8. The standard InChI is InChI=1S/C23H20N2O4/c1-15-5-3-6-16(13-15)21(26)24-19-9-11-20(12-10-19)25-22(27)17-7-4-8-18(14-17)23(28)29-2/h3-14H,1-2H3,(H,24,26)(H,25,27). The Bertz CT molecular complexity index is 1060. The van der Waals surface area contributed by atoms with Crippen LogP contribution in [0.15, 0.2) is 72.8 Å². The Kier molecular flexibility index (Phi) is 6.04. The van der Waals surface area contributed by atoms with Crippen LogP contribution in [0.25, 0.3) is 0 Å². The van der Waals surface area contributed by atoms with E-state index in [4.69, 9.17) is 0 Å². The van der Waals surface area contributed by atoms with Crippen molar-refractivity contribution in [2.45, 2.75) is 6.92 Å². The molecule has 146 valence electrons. The normalized spacial score (nSPS) is 10.1. The van der Waals surface area contributed by atoms with Crippen LogP contribution in [0.3, 0.4) is 0 Å². The molecule has 2 amide bonds. The molecule has 0 radical (unpaired) electrons. The van der Waals surface area contributed by atoms with E-state index in [1.165, 1.54) is 13.2 Å². The fraction of sp³-hybridized carbons (Fsp3) is 0.0870. The van der Waals surface area contributed by atoms with Crippen molar-refractivity contribution in [3.63, 3.8) is 0 Å². The number of esters is 1. The lowest BCUT2D eigenvalue weighted by molar-refractivity contribution is 0.0600. The Balaban J connectivity index is 1.65. The quantitative estimate of drug-likeness (QED) is 0.639. The van der Waals surface area contributed by atoms with Gasteiger partial charge in [-0.3, -0.25) is 9.59 Å². The van der Waals surface area contributed by atoms with Crippen molar-refractivity contribution in [1.29, 1.82) is 0 Å². The van der Waals surface area contributed by atoms with Gasteiger partial charge < -0.3 is 15.4 Å². The second-order valence-electron chi connectivity index (χ2n) is 6.43.